The Balaban J connectivity index is 1.97. The van der Waals surface area contributed by atoms with Crippen LogP contribution < -0.4 is 5.32 Å². The molecule has 0 aliphatic carbocycles. The number of amides is 1. The van der Waals surface area contributed by atoms with Crippen molar-refractivity contribution in [3.63, 3.8) is 0 Å². The van der Waals surface area contributed by atoms with Gasteiger partial charge in [0, 0.05) is 12.7 Å². The number of aromatic nitrogens is 2. The van der Waals surface area contributed by atoms with Crippen LogP contribution in [0, 0.1) is 25.2 Å². The second-order valence-corrected chi connectivity index (χ2v) is 8.36. The first-order valence-corrected chi connectivity index (χ1v) is 9.52. The van der Waals surface area contributed by atoms with E-state index in [2.05, 4.69) is 41.5 Å². The van der Waals surface area contributed by atoms with Gasteiger partial charge in [-0.2, -0.15) is 5.26 Å². The highest BCUT2D eigenvalue weighted by molar-refractivity contribution is 8.01. The van der Waals surface area contributed by atoms with E-state index < -0.39 is 5.54 Å². The van der Waals surface area contributed by atoms with Gasteiger partial charge < -0.3 is 10.2 Å². The number of hydrogen-bond donors (Lipinski definition) is 1. The van der Waals surface area contributed by atoms with Crippen LogP contribution in [-0.4, -0.2) is 39.3 Å². The van der Waals surface area contributed by atoms with Gasteiger partial charge in [-0.3, -0.25) is 4.79 Å². The number of thioether (sulfide) groups is 1. The van der Waals surface area contributed by atoms with E-state index >= 15 is 0 Å². The van der Waals surface area contributed by atoms with Crippen LogP contribution in [0.5, 0.6) is 0 Å². The van der Waals surface area contributed by atoms with Crippen LogP contribution >= 0.6 is 23.1 Å². The number of nitrogens with one attached hydrogen (secondary N) is 1. The molecule has 0 atom stereocenters. The predicted octanol–water partition coefficient (Wildman–Crippen LogP) is 3.75. The maximum Gasteiger partial charge on any atom is 0.234 e. The van der Waals surface area contributed by atoms with Crippen molar-refractivity contribution in [1.29, 1.82) is 5.26 Å². The minimum atomic E-state index is -0.825. The number of nitriles is 1. The summed E-state index contributed by atoms with van der Waals surface area (Å²) < 4.78 is 0.712. The Labute approximate surface area is 156 Å². The van der Waals surface area contributed by atoms with Crippen molar-refractivity contribution in [2.45, 2.75) is 37.6 Å². The molecule has 2 aromatic rings. The number of anilines is 2. The van der Waals surface area contributed by atoms with Gasteiger partial charge in [-0.05, 0) is 44.9 Å². The molecule has 0 saturated heterocycles. The van der Waals surface area contributed by atoms with Gasteiger partial charge in [0.1, 0.15) is 5.54 Å². The molecule has 1 aromatic carbocycles. The van der Waals surface area contributed by atoms with Crippen LogP contribution in [0.25, 0.3) is 0 Å². The highest BCUT2D eigenvalue weighted by atomic mass is 32.2. The quantitative estimate of drug-likeness (QED) is 0.774. The first kappa shape index (κ1) is 19.2. The van der Waals surface area contributed by atoms with E-state index in [4.69, 9.17) is 5.26 Å². The minimum absolute atomic E-state index is 0.115. The molecule has 0 aliphatic rings. The van der Waals surface area contributed by atoms with E-state index in [1.54, 1.807) is 20.9 Å². The Hall–Kier alpha value is -2.11. The average molecular weight is 376 g/mol. The normalized spacial score (nSPS) is 11.0. The fourth-order valence-electron chi connectivity index (χ4n) is 1.93. The summed E-state index contributed by atoms with van der Waals surface area (Å²) in [6, 6.07) is 8.18. The summed E-state index contributed by atoms with van der Waals surface area (Å²) in [6.45, 7) is 7.55. The van der Waals surface area contributed by atoms with Crippen LogP contribution in [0.4, 0.5) is 10.8 Å². The minimum Gasteiger partial charge on any atom is -0.330 e. The Morgan fingerprint density at radius 1 is 1.40 bits per heavy atom. The summed E-state index contributed by atoms with van der Waals surface area (Å²) in [5.74, 6) is 0.107. The van der Waals surface area contributed by atoms with Gasteiger partial charge in [-0.25, -0.2) is 0 Å². The van der Waals surface area contributed by atoms with Crippen molar-refractivity contribution in [1.82, 2.24) is 15.1 Å². The molecule has 1 heterocycles. The zero-order valence-corrected chi connectivity index (χ0v) is 16.6. The molecular weight excluding hydrogens is 354 g/mol. The van der Waals surface area contributed by atoms with Crippen LogP contribution in [0.2, 0.25) is 0 Å². The summed E-state index contributed by atoms with van der Waals surface area (Å²) in [5.41, 5.74) is 2.55. The molecule has 1 N–H and O–H groups in total. The maximum atomic E-state index is 12.2. The van der Waals surface area contributed by atoms with E-state index in [9.17, 15) is 4.79 Å². The molecule has 0 unspecified atom stereocenters. The summed E-state index contributed by atoms with van der Waals surface area (Å²) in [5, 5.41) is 21.3. The molecule has 1 amide bonds. The summed E-state index contributed by atoms with van der Waals surface area (Å²) >= 11 is 2.73. The number of aryl methyl sites for hydroxylation is 1. The average Bonchev–Trinajstić information content (AvgIpc) is 3.03. The molecule has 25 heavy (non-hydrogen) atoms. The number of carbonyl (C=O) groups is 1. The van der Waals surface area contributed by atoms with Gasteiger partial charge in [-0.15, -0.1) is 10.2 Å². The highest BCUT2D eigenvalue weighted by Gasteiger charge is 2.27. The lowest BCUT2D eigenvalue weighted by molar-refractivity contribution is -0.130. The van der Waals surface area contributed by atoms with Crippen LogP contribution in [0.1, 0.15) is 25.0 Å². The number of nitrogens with zero attached hydrogens (tertiary/aromatic N) is 4. The SMILES string of the molecule is Cc1cccc(Nc2nnc(SCC(=O)N(C)C(C)(C)C#N)s2)c1C. The lowest BCUT2D eigenvalue weighted by Crippen LogP contribution is -2.44. The standard InChI is InChI=1S/C17H21N5OS2/c1-11-7-6-8-13(12(11)2)19-15-20-21-16(25-15)24-9-14(23)22(5)17(3,4)10-18/h6-8H,9H2,1-5H3,(H,19,20). The third-order valence-electron chi connectivity index (χ3n) is 4.06. The Kier molecular flexibility index (Phi) is 6.03. The molecule has 2 rings (SSSR count). The van der Waals surface area contributed by atoms with Gasteiger partial charge in [0.05, 0.1) is 11.8 Å². The van der Waals surface area contributed by atoms with Crippen molar-refractivity contribution in [3.8, 4) is 6.07 Å². The number of benzene rings is 1. The first-order valence-electron chi connectivity index (χ1n) is 7.72. The third-order valence-corrected chi connectivity index (χ3v) is 6.01. The zero-order valence-electron chi connectivity index (χ0n) is 15.0. The van der Waals surface area contributed by atoms with E-state index in [0.717, 1.165) is 5.69 Å². The van der Waals surface area contributed by atoms with Gasteiger partial charge in [0.25, 0.3) is 0 Å². The fourth-order valence-corrected chi connectivity index (χ4v) is 3.61. The second kappa shape index (κ2) is 7.85. The molecule has 0 aliphatic heterocycles. The summed E-state index contributed by atoms with van der Waals surface area (Å²) in [4.78, 5) is 13.7. The fraction of sp³-hybridized carbons (Fsp3) is 0.412. The van der Waals surface area contributed by atoms with Gasteiger partial charge >= 0.3 is 0 Å². The summed E-state index contributed by atoms with van der Waals surface area (Å²) in [6.07, 6.45) is 0. The smallest absolute Gasteiger partial charge is 0.234 e. The van der Waals surface area contributed by atoms with Crippen molar-refractivity contribution >= 4 is 39.8 Å². The van der Waals surface area contributed by atoms with Crippen molar-refractivity contribution < 1.29 is 4.79 Å². The van der Waals surface area contributed by atoms with E-state index in [0.29, 0.717) is 9.47 Å². The van der Waals surface area contributed by atoms with E-state index in [1.807, 2.05) is 12.1 Å². The summed E-state index contributed by atoms with van der Waals surface area (Å²) in [7, 11) is 1.64. The van der Waals surface area contributed by atoms with Crippen LogP contribution in [-0.2, 0) is 4.79 Å². The number of rotatable bonds is 6. The van der Waals surface area contributed by atoms with E-state index in [-0.39, 0.29) is 11.7 Å². The monoisotopic (exact) mass is 375 g/mol. The largest absolute Gasteiger partial charge is 0.330 e. The lowest BCUT2D eigenvalue weighted by Gasteiger charge is -2.28. The van der Waals surface area contributed by atoms with Gasteiger partial charge in [0.2, 0.25) is 11.0 Å². The molecular formula is C17H21N5OS2. The Morgan fingerprint density at radius 3 is 2.80 bits per heavy atom. The third kappa shape index (κ3) is 4.71. The highest BCUT2D eigenvalue weighted by Crippen LogP contribution is 2.29. The number of hydrogen-bond acceptors (Lipinski definition) is 7. The molecule has 1 aromatic heterocycles. The predicted molar refractivity (Wildman–Crippen MR) is 102 cm³/mol. The van der Waals surface area contributed by atoms with E-state index in [1.165, 1.54) is 39.1 Å². The maximum absolute atomic E-state index is 12.2. The second-order valence-electron chi connectivity index (χ2n) is 6.16. The molecule has 0 fully saturated rings. The van der Waals surface area contributed by atoms with Crippen LogP contribution in [0.15, 0.2) is 22.5 Å². The van der Waals surface area contributed by atoms with Gasteiger partial charge in [0.15, 0.2) is 4.34 Å². The van der Waals surface area contributed by atoms with Crippen LogP contribution in [0.3, 0.4) is 0 Å². The molecule has 132 valence electrons. The zero-order chi connectivity index (χ0) is 18.6. The van der Waals surface area contributed by atoms with Crippen molar-refractivity contribution in [2.24, 2.45) is 0 Å². The number of carbonyl (C=O) groups excluding carboxylic acids is 1. The molecule has 0 saturated carbocycles. The van der Waals surface area contributed by atoms with Gasteiger partial charge in [-0.1, -0.05) is 35.2 Å². The molecule has 0 radical (unpaired) electrons. The van der Waals surface area contributed by atoms with Crippen molar-refractivity contribution in [3.05, 3.63) is 29.3 Å². The van der Waals surface area contributed by atoms with Crippen molar-refractivity contribution in [2.75, 3.05) is 18.1 Å². The molecule has 0 bridgehead atoms. The topological polar surface area (TPSA) is 81.9 Å². The molecule has 8 heteroatoms. The molecule has 6 nitrogen and oxygen atoms in total. The molecule has 0 spiro atoms. The Morgan fingerprint density at radius 2 is 2.12 bits per heavy atom. The first-order chi connectivity index (χ1) is 11.7. The lowest BCUT2D eigenvalue weighted by atomic mass is 10.1. The Bertz CT molecular complexity index is 810.